The van der Waals surface area contributed by atoms with Gasteiger partial charge in [0, 0.05) is 11.3 Å². The fourth-order valence-corrected chi connectivity index (χ4v) is 3.45. The van der Waals surface area contributed by atoms with Crippen molar-refractivity contribution in [3.05, 3.63) is 65.7 Å². The molecule has 0 aliphatic heterocycles. The minimum atomic E-state index is -0.907. The second-order valence-electron chi connectivity index (χ2n) is 8.12. The molecule has 2 rings (SSSR count). The zero-order valence-electron chi connectivity index (χ0n) is 19.4. The number of rotatable bonds is 12. The van der Waals surface area contributed by atoms with E-state index in [2.05, 4.69) is 16.0 Å². The summed E-state index contributed by atoms with van der Waals surface area (Å²) < 4.78 is 0. The second kappa shape index (κ2) is 13.1. The number of primary amides is 1. The van der Waals surface area contributed by atoms with Gasteiger partial charge in [-0.2, -0.15) is 0 Å². The van der Waals surface area contributed by atoms with Gasteiger partial charge in [-0.05, 0) is 42.5 Å². The van der Waals surface area contributed by atoms with Gasteiger partial charge in [-0.25, -0.2) is 4.79 Å². The third kappa shape index (κ3) is 8.00. The van der Waals surface area contributed by atoms with E-state index in [9.17, 15) is 24.3 Å². The van der Waals surface area contributed by atoms with Gasteiger partial charge in [0.2, 0.25) is 5.91 Å². The molecular weight excluding hydrogens is 436 g/mol. The Morgan fingerprint density at radius 1 is 1.00 bits per heavy atom. The number of nitrogens with two attached hydrogens (primary N) is 1. The largest absolute Gasteiger partial charge is 0.389 e. The Kier molecular flexibility index (Phi) is 10.2. The summed E-state index contributed by atoms with van der Waals surface area (Å²) in [5, 5.41) is 17.2. The first-order chi connectivity index (χ1) is 16.2. The van der Waals surface area contributed by atoms with Gasteiger partial charge in [0.25, 0.3) is 5.91 Å². The maximum atomic E-state index is 13.1. The average Bonchev–Trinajstić information content (AvgIpc) is 2.84. The van der Waals surface area contributed by atoms with E-state index in [-0.39, 0.29) is 11.5 Å². The van der Waals surface area contributed by atoms with Gasteiger partial charge < -0.3 is 26.8 Å². The molecular formula is C25H32N4O5. The molecule has 6 N–H and O–H groups in total. The van der Waals surface area contributed by atoms with Gasteiger partial charge in [0.1, 0.15) is 12.6 Å². The number of aliphatic hydroxyl groups excluding tert-OH is 1. The molecule has 34 heavy (non-hydrogen) atoms. The number of benzene rings is 2. The van der Waals surface area contributed by atoms with Crippen LogP contribution < -0.4 is 21.7 Å². The van der Waals surface area contributed by atoms with Crippen molar-refractivity contribution in [2.45, 2.75) is 45.2 Å². The van der Waals surface area contributed by atoms with E-state index in [0.717, 1.165) is 5.56 Å². The van der Waals surface area contributed by atoms with E-state index >= 15 is 0 Å². The molecule has 0 aliphatic carbocycles. The lowest BCUT2D eigenvalue weighted by molar-refractivity contribution is -0.131. The van der Waals surface area contributed by atoms with Crippen LogP contribution in [0, 0.1) is 5.92 Å². The summed E-state index contributed by atoms with van der Waals surface area (Å²) in [7, 11) is 0. The van der Waals surface area contributed by atoms with Gasteiger partial charge in [-0.15, -0.1) is 0 Å². The first-order valence-corrected chi connectivity index (χ1v) is 11.2. The Labute approximate surface area is 199 Å². The van der Waals surface area contributed by atoms with Crippen molar-refractivity contribution in [3.8, 4) is 0 Å². The molecule has 0 fully saturated rings. The summed E-state index contributed by atoms with van der Waals surface area (Å²) in [6.45, 7) is 3.02. The summed E-state index contributed by atoms with van der Waals surface area (Å²) in [5.41, 5.74) is 6.71. The van der Waals surface area contributed by atoms with Crippen molar-refractivity contribution in [2.24, 2.45) is 11.7 Å². The molecule has 0 saturated carbocycles. The maximum absolute atomic E-state index is 13.1. The summed E-state index contributed by atoms with van der Waals surface area (Å²) in [6, 6.07) is 13.1. The van der Waals surface area contributed by atoms with Crippen LogP contribution in [0.25, 0.3) is 0 Å². The molecule has 3 atom stereocenters. The van der Waals surface area contributed by atoms with Gasteiger partial charge in [0.15, 0.2) is 5.78 Å². The van der Waals surface area contributed by atoms with Crippen LogP contribution in [0.2, 0.25) is 0 Å². The lowest BCUT2D eigenvalue weighted by atomic mass is 9.96. The summed E-state index contributed by atoms with van der Waals surface area (Å²) in [5.74, 6) is -1.74. The first kappa shape index (κ1) is 26.5. The molecule has 0 radical (unpaired) electrons. The van der Waals surface area contributed by atoms with Crippen molar-refractivity contribution in [1.29, 1.82) is 0 Å². The highest BCUT2D eigenvalue weighted by Gasteiger charge is 2.30. The van der Waals surface area contributed by atoms with Crippen molar-refractivity contribution in [2.75, 3.05) is 11.9 Å². The van der Waals surface area contributed by atoms with E-state index in [1.807, 2.05) is 44.2 Å². The molecule has 0 heterocycles. The number of Topliss-reactive ketones (excluding diaryl/α,β-unsaturated/α-hetero) is 1. The number of ketones is 1. The number of aryl methyl sites for hydroxylation is 1. The minimum Gasteiger partial charge on any atom is -0.389 e. The Morgan fingerprint density at radius 2 is 1.71 bits per heavy atom. The number of carbonyl (C=O) groups excluding carboxylic acids is 4. The van der Waals surface area contributed by atoms with Gasteiger partial charge in [-0.3, -0.25) is 14.4 Å². The van der Waals surface area contributed by atoms with Crippen LogP contribution in [0.15, 0.2) is 54.6 Å². The van der Waals surface area contributed by atoms with Gasteiger partial charge in [-0.1, -0.05) is 56.7 Å². The normalized spacial score (nSPS) is 13.3. The zero-order chi connectivity index (χ0) is 25.1. The van der Waals surface area contributed by atoms with Crippen LogP contribution in [0.5, 0.6) is 0 Å². The lowest BCUT2D eigenvalue weighted by Crippen LogP contribution is -2.54. The van der Waals surface area contributed by atoms with Gasteiger partial charge >= 0.3 is 6.03 Å². The molecule has 0 aliphatic rings. The van der Waals surface area contributed by atoms with Crippen molar-refractivity contribution in [1.82, 2.24) is 10.6 Å². The van der Waals surface area contributed by atoms with Crippen LogP contribution in [0.4, 0.5) is 10.5 Å². The zero-order valence-corrected chi connectivity index (χ0v) is 19.4. The highest BCUT2D eigenvalue weighted by Crippen LogP contribution is 2.14. The van der Waals surface area contributed by atoms with Crippen molar-refractivity contribution in [3.63, 3.8) is 0 Å². The molecule has 9 heteroatoms. The minimum absolute atomic E-state index is 0.227. The van der Waals surface area contributed by atoms with Crippen LogP contribution in [0.1, 0.15) is 42.6 Å². The van der Waals surface area contributed by atoms with Gasteiger partial charge in [0.05, 0.1) is 6.04 Å². The smallest absolute Gasteiger partial charge is 0.316 e. The Balaban J connectivity index is 2.14. The number of nitrogens with one attached hydrogen (secondary N) is 3. The van der Waals surface area contributed by atoms with Crippen LogP contribution in [0.3, 0.4) is 0 Å². The number of amides is 4. The Bertz CT molecular complexity index is 996. The van der Waals surface area contributed by atoms with Crippen LogP contribution in [-0.2, 0) is 16.0 Å². The average molecular weight is 469 g/mol. The number of urea groups is 1. The van der Waals surface area contributed by atoms with Crippen molar-refractivity contribution >= 4 is 29.3 Å². The third-order valence-electron chi connectivity index (χ3n) is 5.60. The number of aliphatic hydroxyl groups is 1. The van der Waals surface area contributed by atoms with E-state index in [0.29, 0.717) is 24.9 Å². The topological polar surface area (TPSA) is 151 Å². The van der Waals surface area contributed by atoms with E-state index in [4.69, 9.17) is 5.73 Å². The fraction of sp³-hybridized carbons (Fsp3) is 0.360. The highest BCUT2D eigenvalue weighted by atomic mass is 16.3. The molecule has 2 aromatic rings. The summed E-state index contributed by atoms with van der Waals surface area (Å²) in [4.78, 5) is 49.4. The molecule has 0 spiro atoms. The van der Waals surface area contributed by atoms with E-state index in [1.54, 1.807) is 18.2 Å². The predicted octanol–water partition coefficient (Wildman–Crippen LogP) is 2.00. The SMILES string of the molecule is CC[C@@H](C)[C@H](NC(=O)c1cccc(NC(N)=O)c1)C(=O)N[C@@H](CCc1ccccc1)C(=O)CO. The van der Waals surface area contributed by atoms with Crippen LogP contribution >= 0.6 is 0 Å². The third-order valence-corrected chi connectivity index (χ3v) is 5.60. The predicted molar refractivity (Wildman–Crippen MR) is 129 cm³/mol. The van der Waals surface area contributed by atoms with E-state index in [1.165, 1.54) is 6.07 Å². The van der Waals surface area contributed by atoms with Crippen molar-refractivity contribution < 1.29 is 24.3 Å². The quantitative estimate of drug-likeness (QED) is 0.323. The fourth-order valence-electron chi connectivity index (χ4n) is 3.45. The summed E-state index contributed by atoms with van der Waals surface area (Å²) >= 11 is 0. The van der Waals surface area contributed by atoms with E-state index < -0.39 is 42.3 Å². The molecule has 0 bridgehead atoms. The first-order valence-electron chi connectivity index (χ1n) is 11.2. The molecule has 182 valence electrons. The second-order valence-corrected chi connectivity index (χ2v) is 8.12. The molecule has 2 aromatic carbocycles. The Hall–Kier alpha value is -3.72. The number of hydrogen-bond donors (Lipinski definition) is 5. The molecule has 0 saturated heterocycles. The Morgan fingerprint density at radius 3 is 2.32 bits per heavy atom. The number of carbonyl (C=O) groups is 4. The summed E-state index contributed by atoms with van der Waals surface area (Å²) in [6.07, 6.45) is 1.46. The lowest BCUT2D eigenvalue weighted by Gasteiger charge is -2.26. The standard InChI is InChI=1S/C25H32N4O5/c1-3-16(2)22(29-23(32)18-10-7-11-19(14-18)27-25(26)34)24(33)28-20(21(31)15-30)13-12-17-8-5-4-6-9-17/h4-11,14,16,20,22,30H,3,12-13,15H2,1-2H3,(H,28,33)(H,29,32)(H3,26,27,34)/t16-,20+,22+/m1/s1. The highest BCUT2D eigenvalue weighted by molar-refractivity contribution is 6.00. The molecule has 4 amide bonds. The maximum Gasteiger partial charge on any atom is 0.316 e. The molecule has 0 aromatic heterocycles. The molecule has 0 unspecified atom stereocenters. The monoisotopic (exact) mass is 468 g/mol. The van der Waals surface area contributed by atoms with Crippen LogP contribution in [-0.4, -0.2) is 47.4 Å². The molecule has 9 nitrogen and oxygen atoms in total. The number of hydrogen-bond acceptors (Lipinski definition) is 5. The number of anilines is 1.